The van der Waals surface area contributed by atoms with Crippen LogP contribution >= 0.6 is 0 Å². The van der Waals surface area contributed by atoms with E-state index in [1.807, 2.05) is 37.3 Å². The molecule has 134 valence electrons. The SMILES string of the molecule is CC(C)[C@H](C)N(C)C(=O)c1ccc(=O)n(CCOc2ccccc2)n1. The van der Waals surface area contributed by atoms with Gasteiger partial charge in [-0.2, -0.15) is 5.10 Å². The van der Waals surface area contributed by atoms with E-state index in [2.05, 4.69) is 18.9 Å². The molecule has 0 aliphatic rings. The zero-order chi connectivity index (χ0) is 18.4. The van der Waals surface area contributed by atoms with Gasteiger partial charge in [0, 0.05) is 19.2 Å². The molecule has 25 heavy (non-hydrogen) atoms. The van der Waals surface area contributed by atoms with E-state index in [-0.39, 0.29) is 29.7 Å². The summed E-state index contributed by atoms with van der Waals surface area (Å²) in [4.78, 5) is 26.2. The van der Waals surface area contributed by atoms with Crippen LogP contribution in [0, 0.1) is 5.92 Å². The minimum atomic E-state index is -0.257. The fraction of sp³-hybridized carbons (Fsp3) is 0.421. The van der Waals surface area contributed by atoms with E-state index < -0.39 is 0 Å². The lowest BCUT2D eigenvalue weighted by Crippen LogP contribution is -2.39. The molecule has 1 aromatic heterocycles. The lowest BCUT2D eigenvalue weighted by atomic mass is 10.1. The molecule has 0 aliphatic carbocycles. The molecule has 0 N–H and O–H groups in total. The molecule has 6 nitrogen and oxygen atoms in total. The van der Waals surface area contributed by atoms with E-state index in [4.69, 9.17) is 4.74 Å². The van der Waals surface area contributed by atoms with Crippen LogP contribution in [0.25, 0.3) is 0 Å². The Labute approximate surface area is 148 Å². The van der Waals surface area contributed by atoms with Crippen LogP contribution in [-0.2, 0) is 6.54 Å². The number of nitrogens with zero attached hydrogens (tertiary/aromatic N) is 3. The maximum atomic E-state index is 12.6. The molecular weight excluding hydrogens is 318 g/mol. The van der Waals surface area contributed by atoms with Gasteiger partial charge < -0.3 is 9.64 Å². The van der Waals surface area contributed by atoms with E-state index in [0.717, 1.165) is 5.75 Å². The monoisotopic (exact) mass is 343 g/mol. The predicted molar refractivity (Wildman–Crippen MR) is 96.8 cm³/mol. The smallest absolute Gasteiger partial charge is 0.274 e. The van der Waals surface area contributed by atoms with E-state index in [1.54, 1.807) is 11.9 Å². The third-order valence-electron chi connectivity index (χ3n) is 4.30. The molecule has 0 aliphatic heterocycles. The first kappa shape index (κ1) is 18.7. The van der Waals surface area contributed by atoms with Crippen LogP contribution in [-0.4, -0.2) is 40.3 Å². The zero-order valence-electron chi connectivity index (χ0n) is 15.2. The predicted octanol–water partition coefficient (Wildman–Crippen LogP) is 2.44. The molecule has 0 saturated carbocycles. The summed E-state index contributed by atoms with van der Waals surface area (Å²) in [5.74, 6) is 0.867. The minimum Gasteiger partial charge on any atom is -0.492 e. The first-order chi connectivity index (χ1) is 11.9. The van der Waals surface area contributed by atoms with Gasteiger partial charge in [-0.3, -0.25) is 9.59 Å². The summed E-state index contributed by atoms with van der Waals surface area (Å²) < 4.78 is 6.86. The van der Waals surface area contributed by atoms with Gasteiger partial charge in [-0.25, -0.2) is 4.68 Å². The van der Waals surface area contributed by atoms with E-state index in [1.165, 1.54) is 16.8 Å². The molecule has 1 aromatic carbocycles. The zero-order valence-corrected chi connectivity index (χ0v) is 15.2. The van der Waals surface area contributed by atoms with Gasteiger partial charge in [0.1, 0.15) is 18.1 Å². The number of para-hydroxylation sites is 1. The second-order valence-corrected chi connectivity index (χ2v) is 6.34. The molecule has 0 unspecified atom stereocenters. The third kappa shape index (κ3) is 4.92. The number of carbonyl (C=O) groups is 1. The highest BCUT2D eigenvalue weighted by molar-refractivity contribution is 5.92. The van der Waals surface area contributed by atoms with Crippen LogP contribution in [0.2, 0.25) is 0 Å². The number of ether oxygens (including phenoxy) is 1. The Morgan fingerprint density at radius 3 is 2.48 bits per heavy atom. The average molecular weight is 343 g/mol. The van der Waals surface area contributed by atoms with Crippen molar-refractivity contribution in [3.63, 3.8) is 0 Å². The first-order valence-electron chi connectivity index (χ1n) is 8.43. The molecule has 1 atom stereocenters. The van der Waals surface area contributed by atoms with Crippen molar-refractivity contribution in [2.75, 3.05) is 13.7 Å². The van der Waals surface area contributed by atoms with Crippen LogP contribution in [0.3, 0.4) is 0 Å². The van der Waals surface area contributed by atoms with Crippen molar-refractivity contribution < 1.29 is 9.53 Å². The Hall–Kier alpha value is -2.63. The fourth-order valence-electron chi connectivity index (χ4n) is 2.30. The minimum absolute atomic E-state index is 0.0797. The largest absolute Gasteiger partial charge is 0.492 e. The lowest BCUT2D eigenvalue weighted by Gasteiger charge is -2.27. The number of hydrogen-bond acceptors (Lipinski definition) is 4. The van der Waals surface area contributed by atoms with E-state index in [9.17, 15) is 9.59 Å². The maximum Gasteiger partial charge on any atom is 0.274 e. The quantitative estimate of drug-likeness (QED) is 0.774. The van der Waals surface area contributed by atoms with Crippen LogP contribution < -0.4 is 10.3 Å². The summed E-state index contributed by atoms with van der Waals surface area (Å²) in [5, 5.41) is 4.20. The van der Waals surface area contributed by atoms with Crippen LogP contribution in [0.1, 0.15) is 31.3 Å². The molecule has 0 bridgehead atoms. The molecule has 0 spiro atoms. The number of rotatable bonds is 7. The van der Waals surface area contributed by atoms with Crippen molar-refractivity contribution in [1.82, 2.24) is 14.7 Å². The van der Waals surface area contributed by atoms with Gasteiger partial charge in [-0.05, 0) is 31.0 Å². The Balaban J connectivity index is 2.06. The summed E-state index contributed by atoms with van der Waals surface area (Å²) in [6.07, 6.45) is 0. The van der Waals surface area contributed by atoms with Gasteiger partial charge in [0.2, 0.25) is 0 Å². The van der Waals surface area contributed by atoms with Gasteiger partial charge in [0.15, 0.2) is 0 Å². The Morgan fingerprint density at radius 2 is 1.84 bits per heavy atom. The normalized spacial score (nSPS) is 12.0. The summed E-state index contributed by atoms with van der Waals surface area (Å²) in [7, 11) is 1.75. The van der Waals surface area contributed by atoms with Crippen molar-refractivity contribution in [3.05, 3.63) is 58.5 Å². The van der Waals surface area contributed by atoms with Crippen molar-refractivity contribution in [2.45, 2.75) is 33.4 Å². The van der Waals surface area contributed by atoms with Gasteiger partial charge in [-0.15, -0.1) is 0 Å². The van der Waals surface area contributed by atoms with Gasteiger partial charge in [0.05, 0.1) is 6.54 Å². The second kappa shape index (κ2) is 8.46. The molecule has 6 heteroatoms. The van der Waals surface area contributed by atoms with Crippen molar-refractivity contribution in [2.24, 2.45) is 5.92 Å². The molecule has 1 heterocycles. The summed E-state index contributed by atoms with van der Waals surface area (Å²) in [5.41, 5.74) is 0.00193. The number of hydrogen-bond donors (Lipinski definition) is 0. The Morgan fingerprint density at radius 1 is 1.16 bits per heavy atom. The van der Waals surface area contributed by atoms with E-state index in [0.29, 0.717) is 12.5 Å². The van der Waals surface area contributed by atoms with Gasteiger partial charge in [0.25, 0.3) is 11.5 Å². The number of aromatic nitrogens is 2. The first-order valence-corrected chi connectivity index (χ1v) is 8.43. The summed E-state index contributed by atoms with van der Waals surface area (Å²) in [6, 6.07) is 12.3. The highest BCUT2D eigenvalue weighted by Gasteiger charge is 2.21. The third-order valence-corrected chi connectivity index (χ3v) is 4.30. The highest BCUT2D eigenvalue weighted by atomic mass is 16.5. The molecule has 0 saturated heterocycles. The highest BCUT2D eigenvalue weighted by Crippen LogP contribution is 2.11. The van der Waals surface area contributed by atoms with Gasteiger partial charge >= 0.3 is 0 Å². The molecule has 1 amide bonds. The van der Waals surface area contributed by atoms with Crippen molar-refractivity contribution >= 4 is 5.91 Å². The summed E-state index contributed by atoms with van der Waals surface area (Å²) >= 11 is 0. The maximum absolute atomic E-state index is 12.6. The van der Waals surface area contributed by atoms with E-state index >= 15 is 0 Å². The fourth-order valence-corrected chi connectivity index (χ4v) is 2.30. The van der Waals surface area contributed by atoms with Gasteiger partial charge in [-0.1, -0.05) is 32.0 Å². The second-order valence-electron chi connectivity index (χ2n) is 6.34. The Kier molecular flexibility index (Phi) is 6.33. The molecular formula is C19H25N3O3. The number of benzene rings is 1. The van der Waals surface area contributed by atoms with Crippen LogP contribution in [0.4, 0.5) is 0 Å². The number of carbonyl (C=O) groups excluding carboxylic acids is 1. The molecule has 0 fully saturated rings. The number of amides is 1. The average Bonchev–Trinajstić information content (AvgIpc) is 2.62. The van der Waals surface area contributed by atoms with Crippen molar-refractivity contribution in [3.8, 4) is 5.75 Å². The van der Waals surface area contributed by atoms with Crippen molar-refractivity contribution in [1.29, 1.82) is 0 Å². The molecule has 2 rings (SSSR count). The lowest BCUT2D eigenvalue weighted by molar-refractivity contribution is 0.0697. The molecule has 0 radical (unpaired) electrons. The molecule has 2 aromatic rings. The topological polar surface area (TPSA) is 64.4 Å². The standard InChI is InChI=1S/C19H25N3O3/c1-14(2)15(3)21(4)19(24)17-10-11-18(23)22(20-17)12-13-25-16-8-6-5-7-9-16/h5-11,14-15H,12-13H2,1-4H3/t15-/m0/s1. The Bertz CT molecular complexity index is 756. The van der Waals surface area contributed by atoms with Crippen LogP contribution in [0.5, 0.6) is 5.75 Å². The summed E-state index contributed by atoms with van der Waals surface area (Å²) in [6.45, 7) is 6.69. The van der Waals surface area contributed by atoms with Crippen LogP contribution in [0.15, 0.2) is 47.3 Å².